The highest BCUT2D eigenvalue weighted by Gasteiger charge is 2.19. The zero-order chi connectivity index (χ0) is 16.7. The van der Waals surface area contributed by atoms with Crippen LogP contribution in [0, 0.1) is 5.41 Å². The first-order valence-corrected chi connectivity index (χ1v) is 7.36. The Morgan fingerprint density at radius 2 is 1.09 bits per heavy atom. The summed E-state index contributed by atoms with van der Waals surface area (Å²) in [5.74, 6) is 0. The first-order valence-electron chi connectivity index (χ1n) is 7.36. The lowest BCUT2D eigenvalue weighted by Crippen LogP contribution is -2.18. The van der Waals surface area contributed by atoms with Crippen LogP contribution in [-0.4, -0.2) is 12.2 Å². The summed E-state index contributed by atoms with van der Waals surface area (Å²) in [4.78, 5) is 27.7. The molecule has 0 spiro atoms. The smallest absolute Gasteiger partial charge is 0.211 e. The van der Waals surface area contributed by atoms with E-state index >= 15 is 0 Å². The van der Waals surface area contributed by atoms with Crippen LogP contribution in [0.2, 0.25) is 0 Å². The molecule has 0 aliphatic rings. The molecule has 0 heterocycles. The minimum atomic E-state index is 0.0743. The Labute approximate surface area is 135 Å². The number of nitrogens with zero attached hydrogens (tertiary/aromatic N) is 2. The molecule has 0 aliphatic carbocycles. The molecular formula is C19H18N2O2. The van der Waals surface area contributed by atoms with E-state index < -0.39 is 0 Å². The Morgan fingerprint density at radius 3 is 1.39 bits per heavy atom. The van der Waals surface area contributed by atoms with Gasteiger partial charge in [0.05, 0.1) is 11.4 Å². The normalized spacial score (nSPS) is 10.5. The fourth-order valence-electron chi connectivity index (χ4n) is 2.65. The van der Waals surface area contributed by atoms with E-state index in [4.69, 9.17) is 0 Å². The SMILES string of the molecule is CC(C)(Cc1ccc(N=C=O)cc1)Cc1ccc(N=C=O)cc1. The van der Waals surface area contributed by atoms with Crippen LogP contribution in [0.3, 0.4) is 0 Å². The number of benzene rings is 2. The minimum absolute atomic E-state index is 0.0743. The van der Waals surface area contributed by atoms with E-state index in [2.05, 4.69) is 23.8 Å². The lowest BCUT2D eigenvalue weighted by atomic mass is 9.80. The van der Waals surface area contributed by atoms with Gasteiger partial charge in [0.15, 0.2) is 0 Å². The number of hydrogen-bond donors (Lipinski definition) is 0. The molecule has 0 radical (unpaired) electrons. The second-order valence-corrected chi connectivity index (χ2v) is 6.26. The summed E-state index contributed by atoms with van der Waals surface area (Å²) in [6.07, 6.45) is 4.90. The third kappa shape index (κ3) is 5.15. The summed E-state index contributed by atoms with van der Waals surface area (Å²) in [5, 5.41) is 0. The average Bonchev–Trinajstić information content (AvgIpc) is 2.51. The summed E-state index contributed by atoms with van der Waals surface area (Å²) in [7, 11) is 0. The van der Waals surface area contributed by atoms with Crippen LogP contribution in [-0.2, 0) is 22.4 Å². The largest absolute Gasteiger partial charge is 0.240 e. The summed E-state index contributed by atoms with van der Waals surface area (Å²) in [6.45, 7) is 4.42. The van der Waals surface area contributed by atoms with Gasteiger partial charge in [-0.2, -0.15) is 9.98 Å². The highest BCUT2D eigenvalue weighted by atomic mass is 16.1. The van der Waals surface area contributed by atoms with Gasteiger partial charge < -0.3 is 0 Å². The molecule has 2 aromatic rings. The zero-order valence-electron chi connectivity index (χ0n) is 13.2. The summed E-state index contributed by atoms with van der Waals surface area (Å²) in [6, 6.07) is 15.2. The number of isocyanates is 2. The van der Waals surface area contributed by atoms with Crippen LogP contribution in [0.1, 0.15) is 25.0 Å². The molecule has 23 heavy (non-hydrogen) atoms. The van der Waals surface area contributed by atoms with Crippen LogP contribution in [0.5, 0.6) is 0 Å². The monoisotopic (exact) mass is 306 g/mol. The molecule has 0 saturated carbocycles. The number of carbonyl (C=O) groups excluding carboxylic acids is 2. The van der Waals surface area contributed by atoms with Gasteiger partial charge in [0.25, 0.3) is 0 Å². The van der Waals surface area contributed by atoms with Crippen LogP contribution in [0.25, 0.3) is 0 Å². The molecule has 0 fully saturated rings. The van der Waals surface area contributed by atoms with Crippen molar-refractivity contribution in [1.82, 2.24) is 0 Å². The molecule has 0 unspecified atom stereocenters. The Kier molecular flexibility index (Phi) is 5.37. The van der Waals surface area contributed by atoms with Crippen molar-refractivity contribution in [2.45, 2.75) is 26.7 Å². The predicted molar refractivity (Wildman–Crippen MR) is 89.6 cm³/mol. The van der Waals surface area contributed by atoms with Gasteiger partial charge in [-0.15, -0.1) is 0 Å². The van der Waals surface area contributed by atoms with Crippen molar-refractivity contribution in [3.8, 4) is 0 Å². The maximum Gasteiger partial charge on any atom is 0.240 e. The highest BCUT2D eigenvalue weighted by molar-refractivity contribution is 5.50. The van der Waals surface area contributed by atoms with Gasteiger partial charge in [0, 0.05) is 0 Å². The first-order chi connectivity index (χ1) is 11.0. The molecule has 0 N–H and O–H groups in total. The molecule has 2 rings (SSSR count). The van der Waals surface area contributed by atoms with Crippen molar-refractivity contribution >= 4 is 23.5 Å². The quantitative estimate of drug-likeness (QED) is 0.585. The van der Waals surface area contributed by atoms with E-state index in [0.29, 0.717) is 11.4 Å². The van der Waals surface area contributed by atoms with Crippen LogP contribution in [0.4, 0.5) is 11.4 Å². The fourth-order valence-corrected chi connectivity index (χ4v) is 2.65. The Balaban J connectivity index is 2.05. The van der Waals surface area contributed by atoms with Gasteiger partial charge in [-0.25, -0.2) is 9.59 Å². The maximum absolute atomic E-state index is 10.2. The lowest BCUT2D eigenvalue weighted by Gasteiger charge is -2.25. The number of aliphatic imine (C=N–C) groups is 2. The molecule has 4 heteroatoms. The van der Waals surface area contributed by atoms with Crippen molar-refractivity contribution in [3.05, 3.63) is 59.7 Å². The Morgan fingerprint density at radius 1 is 0.739 bits per heavy atom. The zero-order valence-corrected chi connectivity index (χ0v) is 13.2. The van der Waals surface area contributed by atoms with E-state index in [1.165, 1.54) is 11.1 Å². The van der Waals surface area contributed by atoms with E-state index in [0.717, 1.165) is 12.8 Å². The van der Waals surface area contributed by atoms with Crippen LogP contribution >= 0.6 is 0 Å². The van der Waals surface area contributed by atoms with E-state index in [9.17, 15) is 9.59 Å². The van der Waals surface area contributed by atoms with E-state index in [-0.39, 0.29) is 5.41 Å². The van der Waals surface area contributed by atoms with Gasteiger partial charge in [-0.3, -0.25) is 0 Å². The van der Waals surface area contributed by atoms with Gasteiger partial charge in [0.2, 0.25) is 12.2 Å². The van der Waals surface area contributed by atoms with Crippen molar-refractivity contribution in [2.75, 3.05) is 0 Å². The number of hydrogen-bond acceptors (Lipinski definition) is 4. The molecule has 0 amide bonds. The van der Waals surface area contributed by atoms with Crippen LogP contribution in [0.15, 0.2) is 58.5 Å². The lowest BCUT2D eigenvalue weighted by molar-refractivity contribution is 0.361. The molecule has 0 bridgehead atoms. The van der Waals surface area contributed by atoms with Crippen LogP contribution < -0.4 is 0 Å². The summed E-state index contributed by atoms with van der Waals surface area (Å²) >= 11 is 0. The van der Waals surface area contributed by atoms with Gasteiger partial charge in [-0.1, -0.05) is 38.1 Å². The predicted octanol–water partition coefficient (Wildman–Crippen LogP) is 4.43. The summed E-state index contributed by atoms with van der Waals surface area (Å²) < 4.78 is 0. The molecule has 0 aliphatic heterocycles. The molecular weight excluding hydrogens is 288 g/mol. The topological polar surface area (TPSA) is 58.9 Å². The third-order valence-electron chi connectivity index (χ3n) is 3.59. The Hall–Kier alpha value is -2.80. The second-order valence-electron chi connectivity index (χ2n) is 6.26. The first kappa shape index (κ1) is 16.6. The highest BCUT2D eigenvalue weighted by Crippen LogP contribution is 2.28. The molecule has 0 saturated heterocycles. The van der Waals surface area contributed by atoms with Crippen molar-refractivity contribution in [3.63, 3.8) is 0 Å². The fraction of sp³-hybridized carbons (Fsp3) is 0.263. The second kappa shape index (κ2) is 7.46. The van der Waals surface area contributed by atoms with Gasteiger partial charge >= 0.3 is 0 Å². The van der Waals surface area contributed by atoms with E-state index in [1.54, 1.807) is 12.2 Å². The van der Waals surface area contributed by atoms with Gasteiger partial charge in [-0.05, 0) is 53.6 Å². The maximum atomic E-state index is 10.2. The van der Waals surface area contributed by atoms with Crippen molar-refractivity contribution in [2.24, 2.45) is 15.4 Å². The van der Waals surface area contributed by atoms with Gasteiger partial charge in [0.1, 0.15) is 0 Å². The van der Waals surface area contributed by atoms with Crippen molar-refractivity contribution in [1.29, 1.82) is 0 Å². The molecule has 2 aromatic carbocycles. The summed E-state index contributed by atoms with van der Waals surface area (Å²) in [5.41, 5.74) is 3.70. The van der Waals surface area contributed by atoms with Crippen molar-refractivity contribution < 1.29 is 9.59 Å². The third-order valence-corrected chi connectivity index (χ3v) is 3.59. The molecule has 4 nitrogen and oxygen atoms in total. The minimum Gasteiger partial charge on any atom is -0.211 e. The Bertz CT molecular complexity index is 683. The molecule has 0 atom stereocenters. The number of rotatable bonds is 6. The average molecular weight is 306 g/mol. The molecule has 0 aromatic heterocycles. The molecule has 116 valence electrons. The van der Waals surface area contributed by atoms with E-state index in [1.807, 2.05) is 48.5 Å². The standard InChI is InChI=1S/C19H18N2O2/c1-19(2,11-15-3-7-17(8-4-15)20-13-22)12-16-5-9-18(10-6-16)21-14-23/h3-10H,11-12H2,1-2H3.